The number of benzene rings is 1. The van der Waals surface area contributed by atoms with Crippen molar-refractivity contribution in [3.8, 4) is 0 Å². The fourth-order valence-corrected chi connectivity index (χ4v) is 2.97. The summed E-state index contributed by atoms with van der Waals surface area (Å²) in [6.07, 6.45) is 4.56. The zero-order chi connectivity index (χ0) is 15.7. The van der Waals surface area contributed by atoms with E-state index in [9.17, 15) is 4.79 Å². The van der Waals surface area contributed by atoms with Crippen molar-refractivity contribution in [1.82, 2.24) is 9.88 Å². The van der Waals surface area contributed by atoms with Gasteiger partial charge in [0, 0.05) is 36.8 Å². The number of aromatic nitrogens is 1. The molecule has 0 saturated carbocycles. The average Bonchev–Trinajstić information content (AvgIpc) is 2.94. The average molecular weight is 298 g/mol. The van der Waals surface area contributed by atoms with Gasteiger partial charge in [0.1, 0.15) is 5.60 Å². The van der Waals surface area contributed by atoms with Crippen molar-refractivity contribution in [3.63, 3.8) is 0 Å². The topological polar surface area (TPSA) is 42.4 Å². The number of amides is 1. The Bertz CT molecular complexity index is 686. The molecule has 4 heteroatoms. The van der Waals surface area contributed by atoms with Gasteiger partial charge in [0.2, 0.25) is 0 Å². The van der Waals surface area contributed by atoms with Gasteiger partial charge in [0.15, 0.2) is 0 Å². The monoisotopic (exact) mass is 298 g/mol. The lowest BCUT2D eigenvalue weighted by atomic mass is 9.95. The van der Waals surface area contributed by atoms with Crippen LogP contribution in [-0.2, 0) is 4.74 Å². The first-order chi connectivity index (χ1) is 10.4. The Balaban J connectivity index is 1.79. The second-order valence-corrected chi connectivity index (χ2v) is 6.86. The highest BCUT2D eigenvalue weighted by atomic mass is 16.6. The van der Waals surface area contributed by atoms with E-state index < -0.39 is 5.60 Å². The van der Waals surface area contributed by atoms with E-state index in [-0.39, 0.29) is 6.09 Å². The molecule has 1 unspecified atom stereocenters. The van der Waals surface area contributed by atoms with Crippen molar-refractivity contribution in [3.05, 3.63) is 42.2 Å². The molecule has 1 aromatic heterocycles. The van der Waals surface area contributed by atoms with Crippen LogP contribution in [0.5, 0.6) is 0 Å². The van der Waals surface area contributed by atoms with Crippen molar-refractivity contribution in [2.75, 3.05) is 13.1 Å². The Kier molecular flexibility index (Phi) is 3.77. The Morgan fingerprint density at radius 1 is 1.27 bits per heavy atom. The molecule has 3 rings (SSSR count). The number of fused-ring (bicyclic) bond motifs is 1. The molecule has 1 fully saturated rings. The second kappa shape index (κ2) is 5.59. The van der Waals surface area contributed by atoms with E-state index in [4.69, 9.17) is 4.74 Å². The Hall–Kier alpha value is -2.10. The first-order valence-corrected chi connectivity index (χ1v) is 7.74. The Labute approximate surface area is 131 Å². The smallest absolute Gasteiger partial charge is 0.410 e. The molecule has 0 bridgehead atoms. The Morgan fingerprint density at radius 2 is 2.05 bits per heavy atom. The van der Waals surface area contributed by atoms with Gasteiger partial charge in [-0.2, -0.15) is 0 Å². The molecule has 0 N–H and O–H groups in total. The zero-order valence-electron chi connectivity index (χ0n) is 13.4. The van der Waals surface area contributed by atoms with Crippen LogP contribution in [-0.4, -0.2) is 34.7 Å². The van der Waals surface area contributed by atoms with E-state index in [1.165, 1.54) is 10.9 Å². The van der Waals surface area contributed by atoms with Crippen LogP contribution in [0.15, 0.2) is 36.7 Å². The molecule has 0 radical (unpaired) electrons. The van der Waals surface area contributed by atoms with Crippen LogP contribution in [0.25, 0.3) is 10.8 Å². The summed E-state index contributed by atoms with van der Waals surface area (Å²) in [5.74, 6) is 0.325. The van der Waals surface area contributed by atoms with Crippen molar-refractivity contribution in [2.24, 2.45) is 0 Å². The third-order valence-electron chi connectivity index (χ3n) is 3.98. The predicted octanol–water partition coefficient (Wildman–Crippen LogP) is 3.96. The SMILES string of the molecule is CC(C)(C)OC(=O)N1CCC(c2cncc3ccccc23)C1. The van der Waals surface area contributed by atoms with E-state index >= 15 is 0 Å². The molecule has 1 amide bonds. The fourth-order valence-electron chi connectivity index (χ4n) is 2.97. The summed E-state index contributed by atoms with van der Waals surface area (Å²) in [7, 11) is 0. The van der Waals surface area contributed by atoms with Crippen LogP contribution in [0.3, 0.4) is 0 Å². The van der Waals surface area contributed by atoms with Crippen LogP contribution in [0, 0.1) is 0 Å². The van der Waals surface area contributed by atoms with Gasteiger partial charge >= 0.3 is 6.09 Å². The maximum atomic E-state index is 12.2. The van der Waals surface area contributed by atoms with E-state index in [0.717, 1.165) is 18.4 Å². The fraction of sp³-hybridized carbons (Fsp3) is 0.444. The zero-order valence-corrected chi connectivity index (χ0v) is 13.4. The molecule has 1 aromatic carbocycles. The summed E-state index contributed by atoms with van der Waals surface area (Å²) in [5, 5.41) is 2.38. The number of likely N-dealkylation sites (tertiary alicyclic amines) is 1. The number of pyridine rings is 1. The maximum absolute atomic E-state index is 12.2. The number of carbonyl (C=O) groups is 1. The maximum Gasteiger partial charge on any atom is 0.410 e. The van der Waals surface area contributed by atoms with E-state index in [0.29, 0.717) is 12.5 Å². The molecule has 22 heavy (non-hydrogen) atoms. The lowest BCUT2D eigenvalue weighted by molar-refractivity contribution is 0.0292. The van der Waals surface area contributed by atoms with E-state index in [1.54, 1.807) is 4.90 Å². The van der Waals surface area contributed by atoms with Crippen molar-refractivity contribution < 1.29 is 9.53 Å². The highest BCUT2D eigenvalue weighted by Crippen LogP contribution is 2.32. The van der Waals surface area contributed by atoms with Gasteiger partial charge in [-0.3, -0.25) is 4.98 Å². The summed E-state index contributed by atoms with van der Waals surface area (Å²) in [4.78, 5) is 18.3. The highest BCUT2D eigenvalue weighted by molar-refractivity contribution is 5.85. The minimum Gasteiger partial charge on any atom is -0.444 e. The van der Waals surface area contributed by atoms with Gasteiger partial charge in [-0.25, -0.2) is 4.79 Å². The third kappa shape index (κ3) is 3.06. The quantitative estimate of drug-likeness (QED) is 0.800. The minimum atomic E-state index is -0.448. The number of rotatable bonds is 1. The third-order valence-corrected chi connectivity index (χ3v) is 3.98. The summed E-state index contributed by atoms with van der Waals surface area (Å²) in [6, 6.07) is 8.27. The first-order valence-electron chi connectivity index (χ1n) is 7.74. The number of nitrogens with zero attached hydrogens (tertiary/aromatic N) is 2. The van der Waals surface area contributed by atoms with Gasteiger partial charge in [-0.1, -0.05) is 24.3 Å². The van der Waals surface area contributed by atoms with Gasteiger partial charge in [0.05, 0.1) is 0 Å². The molecule has 4 nitrogen and oxygen atoms in total. The molecule has 0 aliphatic carbocycles. The van der Waals surface area contributed by atoms with Gasteiger partial charge < -0.3 is 9.64 Å². The molecular formula is C18H22N2O2. The summed E-state index contributed by atoms with van der Waals surface area (Å²) >= 11 is 0. The van der Waals surface area contributed by atoms with Gasteiger partial charge in [-0.05, 0) is 38.1 Å². The van der Waals surface area contributed by atoms with Gasteiger partial charge in [-0.15, -0.1) is 0 Å². The number of hydrogen-bond donors (Lipinski definition) is 0. The summed E-state index contributed by atoms with van der Waals surface area (Å²) in [6.45, 7) is 7.13. The second-order valence-electron chi connectivity index (χ2n) is 6.86. The molecule has 1 aliphatic heterocycles. The number of ether oxygens (including phenoxy) is 1. The standard InChI is InChI=1S/C18H22N2O2/c1-18(2,3)22-17(21)20-9-8-14(12-20)16-11-19-10-13-6-4-5-7-15(13)16/h4-7,10-11,14H,8-9,12H2,1-3H3. The molecule has 1 saturated heterocycles. The molecule has 2 heterocycles. The van der Waals surface area contributed by atoms with Crippen LogP contribution in [0.1, 0.15) is 38.7 Å². The molecule has 0 spiro atoms. The largest absolute Gasteiger partial charge is 0.444 e. The van der Waals surface area contributed by atoms with Crippen LogP contribution in [0.4, 0.5) is 4.79 Å². The number of hydrogen-bond acceptors (Lipinski definition) is 3. The minimum absolute atomic E-state index is 0.219. The van der Waals surface area contributed by atoms with Crippen molar-refractivity contribution >= 4 is 16.9 Å². The summed E-state index contributed by atoms with van der Waals surface area (Å²) < 4.78 is 5.46. The van der Waals surface area contributed by atoms with Gasteiger partial charge in [0.25, 0.3) is 0 Å². The summed E-state index contributed by atoms with van der Waals surface area (Å²) in [5.41, 5.74) is 0.778. The Morgan fingerprint density at radius 3 is 2.82 bits per heavy atom. The number of carbonyl (C=O) groups excluding carboxylic acids is 1. The molecule has 1 aliphatic rings. The lowest BCUT2D eigenvalue weighted by Gasteiger charge is -2.24. The van der Waals surface area contributed by atoms with E-state index in [1.807, 2.05) is 45.3 Å². The normalized spacial score (nSPS) is 18.7. The van der Waals surface area contributed by atoms with Crippen LogP contribution >= 0.6 is 0 Å². The first kappa shape index (κ1) is 14.8. The lowest BCUT2D eigenvalue weighted by Crippen LogP contribution is -2.35. The van der Waals surface area contributed by atoms with Crippen LogP contribution < -0.4 is 0 Å². The van der Waals surface area contributed by atoms with Crippen molar-refractivity contribution in [2.45, 2.75) is 38.7 Å². The predicted molar refractivity (Wildman–Crippen MR) is 86.9 cm³/mol. The molecular weight excluding hydrogens is 276 g/mol. The molecule has 1 atom stereocenters. The van der Waals surface area contributed by atoms with Crippen LogP contribution in [0.2, 0.25) is 0 Å². The molecule has 2 aromatic rings. The molecule has 116 valence electrons. The van der Waals surface area contributed by atoms with Crippen molar-refractivity contribution in [1.29, 1.82) is 0 Å². The van der Waals surface area contributed by atoms with E-state index in [2.05, 4.69) is 17.1 Å². The highest BCUT2D eigenvalue weighted by Gasteiger charge is 2.31.